The molecule has 54 valence electrons. The molecule has 2 radical (unpaired) electrons. The van der Waals surface area contributed by atoms with E-state index in [1.165, 1.54) is 11.1 Å². The lowest BCUT2D eigenvalue weighted by molar-refractivity contribution is 0.684. The number of hydrogen-bond acceptors (Lipinski definition) is 0. The summed E-state index contributed by atoms with van der Waals surface area (Å²) in [4.78, 5) is 0. The molecule has 0 bridgehead atoms. The maximum absolute atomic E-state index is 5.85. The van der Waals surface area contributed by atoms with E-state index in [0.29, 0.717) is 5.82 Å². The highest BCUT2D eigenvalue weighted by molar-refractivity contribution is 6.11. The number of fused-ring (bicyclic) bond motifs is 1. The quantitative estimate of drug-likeness (QED) is 0.486. The van der Waals surface area contributed by atoms with Crippen LogP contribution in [0.3, 0.4) is 0 Å². The Morgan fingerprint density at radius 3 is 2.73 bits per heavy atom. The maximum atomic E-state index is 5.85. The Labute approximate surface area is 69.0 Å². The van der Waals surface area contributed by atoms with Crippen LogP contribution in [-0.4, -0.2) is 7.85 Å². The summed E-state index contributed by atoms with van der Waals surface area (Å²) in [6.45, 7) is 0. The highest BCUT2D eigenvalue weighted by atomic mass is 14.1. The molecular weight excluding hydrogens is 131 g/mol. The van der Waals surface area contributed by atoms with Gasteiger partial charge in [-0.3, -0.25) is 0 Å². The lowest BCUT2D eigenvalue weighted by Gasteiger charge is -2.20. The van der Waals surface area contributed by atoms with E-state index in [-0.39, 0.29) is 0 Å². The van der Waals surface area contributed by atoms with Gasteiger partial charge in [0.2, 0.25) is 0 Å². The topological polar surface area (TPSA) is 0 Å². The van der Waals surface area contributed by atoms with Crippen LogP contribution in [0.2, 0.25) is 5.82 Å². The molecule has 0 nitrogen and oxygen atoms in total. The lowest BCUT2D eigenvalue weighted by Crippen LogP contribution is -2.08. The molecule has 0 fully saturated rings. The molecule has 1 aliphatic rings. The van der Waals surface area contributed by atoms with Gasteiger partial charge in [-0.1, -0.05) is 36.5 Å². The third-order valence-corrected chi connectivity index (χ3v) is 2.38. The third-order valence-electron chi connectivity index (χ3n) is 2.38. The molecule has 1 aliphatic carbocycles. The van der Waals surface area contributed by atoms with Crippen molar-refractivity contribution in [1.29, 1.82) is 0 Å². The molecule has 0 aliphatic heterocycles. The first-order valence-corrected chi connectivity index (χ1v) is 4.18. The van der Waals surface area contributed by atoms with Crippen molar-refractivity contribution in [1.82, 2.24) is 0 Å². The monoisotopic (exact) mass is 142 g/mol. The van der Waals surface area contributed by atoms with Crippen LogP contribution < -0.4 is 0 Å². The second-order valence-electron chi connectivity index (χ2n) is 3.27. The molecule has 11 heavy (non-hydrogen) atoms. The molecule has 2 rings (SSSR count). The van der Waals surface area contributed by atoms with Gasteiger partial charge in [-0.05, 0) is 24.0 Å². The molecule has 0 saturated heterocycles. The summed E-state index contributed by atoms with van der Waals surface area (Å²) >= 11 is 0. The Bertz CT molecular complexity index is 255. The van der Waals surface area contributed by atoms with Crippen molar-refractivity contribution in [2.45, 2.75) is 25.1 Å². The van der Waals surface area contributed by atoms with E-state index in [2.05, 4.69) is 24.3 Å². The SMILES string of the molecule is [B]C1CCc2ccccc2C1. The van der Waals surface area contributed by atoms with Gasteiger partial charge < -0.3 is 0 Å². The zero-order chi connectivity index (χ0) is 7.68. The Kier molecular flexibility index (Phi) is 1.73. The first kappa shape index (κ1) is 6.96. The molecule has 1 aromatic carbocycles. The standard InChI is InChI=1S/C10H11B/c11-10-6-5-8-3-1-2-4-9(8)7-10/h1-4,10H,5-7H2. The van der Waals surface area contributed by atoms with Gasteiger partial charge in [0.15, 0.2) is 0 Å². The zero-order valence-corrected chi connectivity index (χ0v) is 6.59. The predicted octanol–water partition coefficient (Wildman–Crippen LogP) is 2.13. The molecule has 1 atom stereocenters. The van der Waals surface area contributed by atoms with Crippen LogP contribution >= 0.6 is 0 Å². The van der Waals surface area contributed by atoms with Gasteiger partial charge in [0.1, 0.15) is 0 Å². The minimum absolute atomic E-state index is 0.393. The van der Waals surface area contributed by atoms with Crippen molar-refractivity contribution >= 4 is 7.85 Å². The predicted molar refractivity (Wildman–Crippen MR) is 48.0 cm³/mol. The molecular formula is C10H11B. The molecule has 0 amide bonds. The normalized spacial score (nSPS) is 22.7. The van der Waals surface area contributed by atoms with E-state index in [1.807, 2.05) is 0 Å². The maximum Gasteiger partial charge on any atom is 0.0704 e. The second kappa shape index (κ2) is 2.73. The fraction of sp³-hybridized carbons (Fsp3) is 0.400. The van der Waals surface area contributed by atoms with Crippen LogP contribution in [0.5, 0.6) is 0 Å². The molecule has 1 heteroatoms. The average Bonchev–Trinajstić information content (AvgIpc) is 2.04. The number of aryl methyl sites for hydroxylation is 1. The van der Waals surface area contributed by atoms with Gasteiger partial charge in [0, 0.05) is 0 Å². The van der Waals surface area contributed by atoms with E-state index in [9.17, 15) is 0 Å². The molecule has 0 saturated carbocycles. The van der Waals surface area contributed by atoms with Crippen LogP contribution in [0.25, 0.3) is 0 Å². The molecule has 0 aromatic heterocycles. The lowest BCUT2D eigenvalue weighted by atomic mass is 9.73. The summed E-state index contributed by atoms with van der Waals surface area (Å²) in [5.74, 6) is 0.393. The first-order valence-electron chi connectivity index (χ1n) is 4.18. The Balaban J connectivity index is 2.34. The summed E-state index contributed by atoms with van der Waals surface area (Å²) in [6.07, 6.45) is 3.38. The van der Waals surface area contributed by atoms with Gasteiger partial charge >= 0.3 is 0 Å². The highest BCUT2D eigenvalue weighted by Crippen LogP contribution is 2.26. The van der Waals surface area contributed by atoms with Crippen molar-refractivity contribution in [3.63, 3.8) is 0 Å². The summed E-state index contributed by atoms with van der Waals surface area (Å²) in [6, 6.07) is 8.60. The van der Waals surface area contributed by atoms with Gasteiger partial charge in [0.05, 0.1) is 7.85 Å². The smallest absolute Gasteiger partial charge is 0.0704 e. The van der Waals surface area contributed by atoms with Crippen LogP contribution in [0, 0.1) is 0 Å². The van der Waals surface area contributed by atoms with Crippen molar-refractivity contribution in [3.8, 4) is 0 Å². The van der Waals surface area contributed by atoms with E-state index in [4.69, 9.17) is 7.85 Å². The minimum Gasteiger partial charge on any atom is -0.0731 e. The van der Waals surface area contributed by atoms with Gasteiger partial charge in [-0.2, -0.15) is 0 Å². The van der Waals surface area contributed by atoms with Crippen LogP contribution in [0.1, 0.15) is 17.5 Å². The summed E-state index contributed by atoms with van der Waals surface area (Å²) in [5.41, 5.74) is 2.94. The molecule has 0 heterocycles. The third kappa shape index (κ3) is 1.32. The van der Waals surface area contributed by atoms with Crippen molar-refractivity contribution in [3.05, 3.63) is 35.4 Å². The number of hydrogen-bond donors (Lipinski definition) is 0. The highest BCUT2D eigenvalue weighted by Gasteiger charge is 2.12. The summed E-state index contributed by atoms with van der Waals surface area (Å²) < 4.78 is 0. The van der Waals surface area contributed by atoms with E-state index < -0.39 is 0 Å². The van der Waals surface area contributed by atoms with Crippen molar-refractivity contribution in [2.24, 2.45) is 0 Å². The Morgan fingerprint density at radius 2 is 1.91 bits per heavy atom. The average molecular weight is 142 g/mol. The Morgan fingerprint density at radius 1 is 1.18 bits per heavy atom. The minimum atomic E-state index is 0.393. The molecule has 0 N–H and O–H groups in total. The molecule has 0 spiro atoms. The fourth-order valence-corrected chi connectivity index (χ4v) is 1.73. The molecule has 1 unspecified atom stereocenters. The zero-order valence-electron chi connectivity index (χ0n) is 6.59. The van der Waals surface area contributed by atoms with Gasteiger partial charge in [-0.25, -0.2) is 0 Å². The van der Waals surface area contributed by atoms with Crippen LogP contribution in [0.15, 0.2) is 24.3 Å². The van der Waals surface area contributed by atoms with E-state index >= 15 is 0 Å². The summed E-state index contributed by atoms with van der Waals surface area (Å²) in [5, 5.41) is 0. The largest absolute Gasteiger partial charge is 0.0731 e. The molecule has 1 aromatic rings. The van der Waals surface area contributed by atoms with Crippen molar-refractivity contribution in [2.75, 3.05) is 0 Å². The second-order valence-corrected chi connectivity index (χ2v) is 3.27. The first-order chi connectivity index (χ1) is 5.36. The van der Waals surface area contributed by atoms with Crippen LogP contribution in [-0.2, 0) is 12.8 Å². The van der Waals surface area contributed by atoms with Gasteiger partial charge in [0.25, 0.3) is 0 Å². The van der Waals surface area contributed by atoms with Gasteiger partial charge in [-0.15, -0.1) is 0 Å². The Hall–Kier alpha value is -0.715. The number of rotatable bonds is 0. The fourth-order valence-electron chi connectivity index (χ4n) is 1.73. The van der Waals surface area contributed by atoms with E-state index in [1.54, 1.807) is 0 Å². The summed E-state index contributed by atoms with van der Waals surface area (Å²) in [7, 11) is 5.85. The van der Waals surface area contributed by atoms with Crippen LogP contribution in [0.4, 0.5) is 0 Å². The van der Waals surface area contributed by atoms with E-state index in [0.717, 1.165) is 19.3 Å². The number of benzene rings is 1. The van der Waals surface area contributed by atoms with Crippen molar-refractivity contribution < 1.29 is 0 Å².